The number of ether oxygens (including phenoxy) is 1. The number of hydrogen-bond donors (Lipinski definition) is 1. The molecular weight excluding hydrogens is 416 g/mol. The van der Waals surface area contributed by atoms with Gasteiger partial charge in [-0.1, -0.05) is 82.3 Å². The highest BCUT2D eigenvalue weighted by molar-refractivity contribution is 5.91. The Balaban J connectivity index is 1.56. The van der Waals surface area contributed by atoms with Crippen LogP contribution in [0.4, 0.5) is 17.1 Å². The first-order chi connectivity index (χ1) is 16.5. The van der Waals surface area contributed by atoms with Crippen molar-refractivity contribution in [1.82, 2.24) is 0 Å². The lowest BCUT2D eigenvalue weighted by Crippen LogP contribution is -1.97. The van der Waals surface area contributed by atoms with Gasteiger partial charge in [-0.05, 0) is 65.4 Å². The number of nitrogens with zero attached hydrogens (tertiary/aromatic N) is 1. The average molecular weight is 449 g/mol. The fourth-order valence-corrected chi connectivity index (χ4v) is 3.90. The summed E-state index contributed by atoms with van der Waals surface area (Å²) in [6.45, 7) is 8.89. The molecule has 0 bridgehead atoms. The molecule has 3 nitrogen and oxygen atoms in total. The molecule has 0 fully saturated rings. The molecule has 4 aromatic carbocycles. The van der Waals surface area contributed by atoms with Crippen molar-refractivity contribution >= 4 is 23.3 Å². The molecule has 0 heterocycles. The zero-order valence-corrected chi connectivity index (χ0v) is 20.3. The monoisotopic (exact) mass is 448 g/mol. The first-order valence-electron chi connectivity index (χ1n) is 11.9. The van der Waals surface area contributed by atoms with Gasteiger partial charge in [0, 0.05) is 23.2 Å². The smallest absolute Gasteiger partial charge is 0.127 e. The van der Waals surface area contributed by atoms with Crippen molar-refractivity contribution in [1.29, 1.82) is 0 Å². The third-order valence-corrected chi connectivity index (χ3v) is 5.75. The second kappa shape index (κ2) is 10.8. The molecule has 0 saturated heterocycles. The lowest BCUT2D eigenvalue weighted by molar-refractivity contribution is 0.483. The Morgan fingerprint density at radius 1 is 0.647 bits per heavy atom. The van der Waals surface area contributed by atoms with Crippen LogP contribution < -0.4 is 10.1 Å². The second-order valence-corrected chi connectivity index (χ2v) is 9.00. The number of nitrogens with one attached hydrogen (secondary N) is 1. The fraction of sp³-hybridized carbons (Fsp3) is 0.194. The van der Waals surface area contributed by atoms with Crippen LogP contribution in [0, 0.1) is 0 Å². The summed E-state index contributed by atoms with van der Waals surface area (Å²) in [4.78, 5) is 5.00. The first kappa shape index (κ1) is 23.3. The number of rotatable bonds is 8. The molecule has 0 aliphatic carbocycles. The van der Waals surface area contributed by atoms with Crippen LogP contribution in [-0.4, -0.2) is 6.21 Å². The van der Waals surface area contributed by atoms with Crippen LogP contribution in [-0.2, 0) is 0 Å². The van der Waals surface area contributed by atoms with E-state index in [-0.39, 0.29) is 0 Å². The molecule has 3 heteroatoms. The molecular formula is C31H32N2O. The molecule has 0 unspecified atom stereocenters. The minimum atomic E-state index is 0.413. The van der Waals surface area contributed by atoms with Crippen LogP contribution in [0.15, 0.2) is 102 Å². The van der Waals surface area contributed by atoms with Crippen molar-refractivity contribution in [2.75, 3.05) is 5.32 Å². The normalized spacial score (nSPS) is 11.4. The summed E-state index contributed by atoms with van der Waals surface area (Å²) in [5, 5.41) is 3.53. The van der Waals surface area contributed by atoms with Crippen LogP contribution >= 0.6 is 0 Å². The van der Waals surface area contributed by atoms with Gasteiger partial charge in [0.25, 0.3) is 0 Å². The Labute approximate surface area is 203 Å². The van der Waals surface area contributed by atoms with E-state index >= 15 is 0 Å². The predicted molar refractivity (Wildman–Crippen MR) is 145 cm³/mol. The van der Waals surface area contributed by atoms with E-state index in [4.69, 9.17) is 9.73 Å². The Morgan fingerprint density at radius 2 is 1.24 bits per heavy atom. The molecule has 172 valence electrons. The average Bonchev–Trinajstić information content (AvgIpc) is 2.85. The SMILES string of the molecule is CC(C)c1cccc(C(C)C)c1N=Cc1ccccc1Nc1ccc(Oc2ccccc2)cc1. The third kappa shape index (κ3) is 5.74. The van der Waals surface area contributed by atoms with Crippen LogP contribution in [0.1, 0.15) is 56.2 Å². The summed E-state index contributed by atoms with van der Waals surface area (Å²) in [6.07, 6.45) is 1.97. The Hall–Kier alpha value is -3.85. The highest BCUT2D eigenvalue weighted by Gasteiger charge is 2.13. The third-order valence-electron chi connectivity index (χ3n) is 5.75. The molecule has 0 radical (unpaired) electrons. The minimum absolute atomic E-state index is 0.413. The lowest BCUT2D eigenvalue weighted by atomic mass is 9.93. The zero-order chi connectivity index (χ0) is 23.9. The van der Waals surface area contributed by atoms with Crippen LogP contribution in [0.25, 0.3) is 0 Å². The largest absolute Gasteiger partial charge is 0.457 e. The van der Waals surface area contributed by atoms with Gasteiger partial charge in [0.2, 0.25) is 0 Å². The van der Waals surface area contributed by atoms with Crippen molar-refractivity contribution in [2.24, 2.45) is 4.99 Å². The van der Waals surface area contributed by atoms with Gasteiger partial charge < -0.3 is 10.1 Å². The summed E-state index contributed by atoms with van der Waals surface area (Å²) in [7, 11) is 0. The maximum Gasteiger partial charge on any atom is 0.127 e. The maximum atomic E-state index is 5.91. The molecule has 0 saturated carbocycles. The van der Waals surface area contributed by atoms with Crippen LogP contribution in [0.2, 0.25) is 0 Å². The minimum Gasteiger partial charge on any atom is -0.457 e. The van der Waals surface area contributed by atoms with Gasteiger partial charge in [-0.2, -0.15) is 0 Å². The van der Waals surface area contributed by atoms with Crippen molar-refractivity contribution in [3.63, 3.8) is 0 Å². The van der Waals surface area contributed by atoms with Crippen molar-refractivity contribution < 1.29 is 4.74 Å². The Kier molecular flexibility index (Phi) is 7.44. The molecule has 4 rings (SSSR count). The number of hydrogen-bond acceptors (Lipinski definition) is 3. The summed E-state index contributed by atoms with van der Waals surface area (Å²) < 4.78 is 5.91. The van der Waals surface area contributed by atoms with E-state index in [0.29, 0.717) is 11.8 Å². The van der Waals surface area contributed by atoms with Gasteiger partial charge in [0.1, 0.15) is 11.5 Å². The Morgan fingerprint density at radius 3 is 1.88 bits per heavy atom. The molecule has 0 aliphatic heterocycles. The summed E-state index contributed by atoms with van der Waals surface area (Å²) in [5.74, 6) is 2.46. The molecule has 1 N–H and O–H groups in total. The van der Waals surface area contributed by atoms with Crippen molar-refractivity contribution in [2.45, 2.75) is 39.5 Å². The summed E-state index contributed by atoms with van der Waals surface area (Å²) in [5.41, 5.74) is 6.69. The van der Waals surface area contributed by atoms with Gasteiger partial charge >= 0.3 is 0 Å². The number of para-hydroxylation sites is 3. The molecule has 34 heavy (non-hydrogen) atoms. The number of anilines is 2. The topological polar surface area (TPSA) is 33.6 Å². The van der Waals surface area contributed by atoms with E-state index < -0.39 is 0 Å². The van der Waals surface area contributed by atoms with Gasteiger partial charge in [0.05, 0.1) is 5.69 Å². The van der Waals surface area contributed by atoms with E-state index in [2.05, 4.69) is 63.3 Å². The van der Waals surface area contributed by atoms with Crippen LogP contribution in [0.3, 0.4) is 0 Å². The van der Waals surface area contributed by atoms with E-state index in [1.165, 1.54) is 11.1 Å². The summed E-state index contributed by atoms with van der Waals surface area (Å²) in [6, 6.07) is 32.6. The molecule has 0 spiro atoms. The summed E-state index contributed by atoms with van der Waals surface area (Å²) >= 11 is 0. The van der Waals surface area contributed by atoms with Gasteiger partial charge in [-0.15, -0.1) is 0 Å². The van der Waals surface area contributed by atoms with E-state index in [1.54, 1.807) is 0 Å². The fourth-order valence-electron chi connectivity index (χ4n) is 3.90. The van der Waals surface area contributed by atoms with Gasteiger partial charge in [-0.25, -0.2) is 0 Å². The molecule has 0 atom stereocenters. The number of aliphatic imine (C=N–C) groups is 1. The quantitative estimate of drug-likeness (QED) is 0.273. The van der Waals surface area contributed by atoms with Crippen molar-refractivity contribution in [3.8, 4) is 11.5 Å². The Bertz CT molecular complexity index is 1220. The van der Waals surface area contributed by atoms with Crippen LogP contribution in [0.5, 0.6) is 11.5 Å². The van der Waals surface area contributed by atoms with E-state index in [0.717, 1.165) is 34.1 Å². The van der Waals surface area contributed by atoms with Crippen molar-refractivity contribution in [3.05, 3.63) is 114 Å². The van der Waals surface area contributed by atoms with Gasteiger partial charge in [0.15, 0.2) is 0 Å². The van der Waals surface area contributed by atoms with E-state index in [1.807, 2.05) is 72.9 Å². The molecule has 0 aliphatic rings. The maximum absolute atomic E-state index is 5.91. The standard InChI is InChI=1S/C31H32N2O/c1-22(2)28-14-10-15-29(23(3)4)31(28)32-21-24-11-8-9-16-30(24)33-25-17-19-27(20-18-25)34-26-12-6-5-7-13-26/h5-23,33H,1-4H3. The first-order valence-corrected chi connectivity index (χ1v) is 11.9. The zero-order valence-electron chi connectivity index (χ0n) is 20.3. The number of benzene rings is 4. The molecule has 0 aromatic heterocycles. The highest BCUT2D eigenvalue weighted by atomic mass is 16.5. The van der Waals surface area contributed by atoms with Gasteiger partial charge in [-0.3, -0.25) is 4.99 Å². The predicted octanol–water partition coefficient (Wildman–Crippen LogP) is 9.22. The lowest BCUT2D eigenvalue weighted by Gasteiger charge is -2.16. The second-order valence-electron chi connectivity index (χ2n) is 9.00. The highest BCUT2D eigenvalue weighted by Crippen LogP contribution is 2.35. The van der Waals surface area contributed by atoms with E-state index in [9.17, 15) is 0 Å². The molecule has 4 aromatic rings. The molecule has 0 amide bonds.